The molecule has 0 aliphatic carbocycles. The summed E-state index contributed by atoms with van der Waals surface area (Å²) in [5, 5.41) is 1.19. The van der Waals surface area contributed by atoms with E-state index in [1.165, 1.54) is 16.6 Å². The fraction of sp³-hybridized carbons (Fsp3) is 0.500. The van der Waals surface area contributed by atoms with Crippen LogP contribution in [0.5, 0.6) is 5.88 Å². The fourth-order valence-electron chi connectivity index (χ4n) is 2.42. The van der Waals surface area contributed by atoms with Gasteiger partial charge in [-0.05, 0) is 38.3 Å². The normalized spacial score (nSPS) is 19.6. The summed E-state index contributed by atoms with van der Waals surface area (Å²) in [6.45, 7) is 5.62. The number of hydrogen-bond acceptors (Lipinski definition) is 3. The summed E-state index contributed by atoms with van der Waals surface area (Å²) in [4.78, 5) is 7.66. The Labute approximate surface area is 106 Å². The Morgan fingerprint density at radius 1 is 1.50 bits per heavy atom. The fourth-order valence-corrected chi connectivity index (χ4v) is 2.42. The molecule has 0 saturated carbocycles. The molecule has 1 aliphatic heterocycles. The number of pyridine rings is 1. The van der Waals surface area contributed by atoms with E-state index in [0.29, 0.717) is 12.5 Å². The third kappa shape index (κ3) is 1.97. The molecule has 3 heterocycles. The predicted octanol–water partition coefficient (Wildman–Crippen LogP) is 2.74. The number of ether oxygens (including phenoxy) is 2. The summed E-state index contributed by atoms with van der Waals surface area (Å²) in [6.07, 6.45) is 4.23. The van der Waals surface area contributed by atoms with E-state index in [2.05, 4.69) is 23.8 Å². The van der Waals surface area contributed by atoms with Crippen LogP contribution < -0.4 is 4.74 Å². The van der Waals surface area contributed by atoms with Crippen molar-refractivity contribution in [2.75, 3.05) is 13.2 Å². The molecule has 2 aromatic rings. The lowest BCUT2D eigenvalue weighted by Crippen LogP contribution is -2.16. The van der Waals surface area contributed by atoms with Gasteiger partial charge in [-0.1, -0.05) is 0 Å². The number of aryl methyl sites for hydroxylation is 2. The quantitative estimate of drug-likeness (QED) is 0.905. The maximum absolute atomic E-state index is 5.80. The van der Waals surface area contributed by atoms with E-state index in [4.69, 9.17) is 9.47 Å². The molecule has 3 rings (SSSR count). The highest BCUT2D eigenvalue weighted by atomic mass is 16.5. The van der Waals surface area contributed by atoms with Crippen molar-refractivity contribution < 1.29 is 9.47 Å². The van der Waals surface area contributed by atoms with Gasteiger partial charge in [0.15, 0.2) is 0 Å². The van der Waals surface area contributed by atoms with E-state index < -0.39 is 0 Å². The maximum Gasteiger partial charge on any atom is 0.238 e. The van der Waals surface area contributed by atoms with Crippen LogP contribution >= 0.6 is 0 Å². The second-order valence-corrected chi connectivity index (χ2v) is 4.86. The monoisotopic (exact) mass is 246 g/mol. The summed E-state index contributed by atoms with van der Waals surface area (Å²) < 4.78 is 11.4. The molecule has 1 N–H and O–H groups in total. The van der Waals surface area contributed by atoms with E-state index in [0.717, 1.165) is 25.0 Å². The summed E-state index contributed by atoms with van der Waals surface area (Å²) in [7, 11) is 0. The highest BCUT2D eigenvalue weighted by Crippen LogP contribution is 2.27. The van der Waals surface area contributed by atoms with Crippen molar-refractivity contribution >= 4 is 10.9 Å². The maximum atomic E-state index is 5.80. The number of nitrogens with one attached hydrogen (secondary N) is 1. The molecule has 0 bridgehead atoms. The first-order valence-corrected chi connectivity index (χ1v) is 6.44. The molecule has 1 unspecified atom stereocenters. The van der Waals surface area contributed by atoms with Gasteiger partial charge in [0, 0.05) is 23.9 Å². The molecule has 18 heavy (non-hydrogen) atoms. The number of rotatable bonds is 3. The standard InChI is InChI=1S/C14H18N2O2/c1-9-10(2)16-13-12(9)5-6-15-14(13)18-8-11-4-3-7-17-11/h5-6,11,16H,3-4,7-8H2,1-2H3. The lowest BCUT2D eigenvalue weighted by atomic mass is 10.2. The van der Waals surface area contributed by atoms with Crippen molar-refractivity contribution in [3.63, 3.8) is 0 Å². The van der Waals surface area contributed by atoms with Crippen molar-refractivity contribution in [3.8, 4) is 5.88 Å². The molecule has 0 aromatic carbocycles. The molecule has 4 nitrogen and oxygen atoms in total. The van der Waals surface area contributed by atoms with E-state index in [1.54, 1.807) is 6.20 Å². The largest absolute Gasteiger partial charge is 0.473 e. The second kappa shape index (κ2) is 4.61. The van der Waals surface area contributed by atoms with Gasteiger partial charge in [-0.3, -0.25) is 0 Å². The Bertz CT molecular complexity index is 556. The topological polar surface area (TPSA) is 47.1 Å². The molecule has 4 heteroatoms. The SMILES string of the molecule is Cc1[nH]c2c(OCC3CCCO3)nccc2c1C. The lowest BCUT2D eigenvalue weighted by molar-refractivity contribution is 0.0669. The third-order valence-electron chi connectivity index (χ3n) is 3.63. The van der Waals surface area contributed by atoms with E-state index in [1.807, 2.05) is 6.07 Å². The summed E-state index contributed by atoms with van der Waals surface area (Å²) >= 11 is 0. The zero-order chi connectivity index (χ0) is 12.5. The number of aromatic amines is 1. The van der Waals surface area contributed by atoms with Crippen molar-refractivity contribution in [2.24, 2.45) is 0 Å². The molecule has 1 fully saturated rings. The average molecular weight is 246 g/mol. The minimum Gasteiger partial charge on any atom is -0.473 e. The van der Waals surface area contributed by atoms with Crippen LogP contribution in [0, 0.1) is 13.8 Å². The van der Waals surface area contributed by atoms with Crippen molar-refractivity contribution in [1.29, 1.82) is 0 Å². The van der Waals surface area contributed by atoms with Gasteiger partial charge in [0.05, 0.1) is 6.10 Å². The molecular weight excluding hydrogens is 228 g/mol. The zero-order valence-corrected chi connectivity index (χ0v) is 10.8. The first kappa shape index (κ1) is 11.5. The number of H-pyrrole nitrogens is 1. The van der Waals surface area contributed by atoms with Crippen LogP contribution in [0.4, 0.5) is 0 Å². The predicted molar refractivity (Wildman–Crippen MR) is 70.0 cm³/mol. The summed E-state index contributed by atoms with van der Waals surface area (Å²) in [5.41, 5.74) is 3.42. The van der Waals surface area contributed by atoms with Crippen LogP contribution in [-0.2, 0) is 4.74 Å². The Morgan fingerprint density at radius 3 is 3.17 bits per heavy atom. The first-order chi connectivity index (χ1) is 8.75. The van der Waals surface area contributed by atoms with Crippen molar-refractivity contribution in [2.45, 2.75) is 32.8 Å². The molecule has 2 aromatic heterocycles. The molecular formula is C14H18N2O2. The second-order valence-electron chi connectivity index (χ2n) is 4.86. The minimum atomic E-state index is 0.221. The number of aromatic nitrogens is 2. The molecule has 0 radical (unpaired) electrons. The van der Waals surface area contributed by atoms with Crippen LogP contribution in [-0.4, -0.2) is 29.3 Å². The highest BCUT2D eigenvalue weighted by Gasteiger charge is 2.17. The van der Waals surface area contributed by atoms with E-state index >= 15 is 0 Å². The Kier molecular flexibility index (Phi) is 2.96. The van der Waals surface area contributed by atoms with Crippen molar-refractivity contribution in [1.82, 2.24) is 9.97 Å². The Morgan fingerprint density at radius 2 is 2.39 bits per heavy atom. The molecule has 0 amide bonds. The first-order valence-electron chi connectivity index (χ1n) is 6.44. The van der Waals surface area contributed by atoms with Crippen LogP contribution in [0.1, 0.15) is 24.1 Å². The van der Waals surface area contributed by atoms with Gasteiger partial charge in [0.25, 0.3) is 0 Å². The number of hydrogen-bond donors (Lipinski definition) is 1. The van der Waals surface area contributed by atoms with Crippen molar-refractivity contribution in [3.05, 3.63) is 23.5 Å². The van der Waals surface area contributed by atoms with Gasteiger partial charge < -0.3 is 14.5 Å². The smallest absolute Gasteiger partial charge is 0.238 e. The molecule has 1 saturated heterocycles. The highest BCUT2D eigenvalue weighted by molar-refractivity contribution is 5.87. The summed E-state index contributed by atoms with van der Waals surface area (Å²) in [5.74, 6) is 0.680. The minimum absolute atomic E-state index is 0.221. The average Bonchev–Trinajstić information content (AvgIpc) is 2.98. The van der Waals surface area contributed by atoms with Crippen LogP contribution in [0.3, 0.4) is 0 Å². The Hall–Kier alpha value is -1.55. The van der Waals surface area contributed by atoms with Gasteiger partial charge in [-0.15, -0.1) is 0 Å². The summed E-state index contributed by atoms with van der Waals surface area (Å²) in [6, 6.07) is 2.02. The molecule has 1 aliphatic rings. The van der Waals surface area contributed by atoms with Gasteiger partial charge in [-0.2, -0.15) is 0 Å². The van der Waals surface area contributed by atoms with E-state index in [-0.39, 0.29) is 6.10 Å². The molecule has 1 atom stereocenters. The molecule has 96 valence electrons. The van der Waals surface area contributed by atoms with Crippen LogP contribution in [0.25, 0.3) is 10.9 Å². The van der Waals surface area contributed by atoms with Gasteiger partial charge >= 0.3 is 0 Å². The van der Waals surface area contributed by atoms with E-state index in [9.17, 15) is 0 Å². The van der Waals surface area contributed by atoms with Gasteiger partial charge in [0.2, 0.25) is 5.88 Å². The molecule has 0 spiro atoms. The van der Waals surface area contributed by atoms with Crippen LogP contribution in [0.2, 0.25) is 0 Å². The lowest BCUT2D eigenvalue weighted by Gasteiger charge is -2.11. The van der Waals surface area contributed by atoms with Gasteiger partial charge in [-0.25, -0.2) is 4.98 Å². The zero-order valence-electron chi connectivity index (χ0n) is 10.8. The van der Waals surface area contributed by atoms with Gasteiger partial charge in [0.1, 0.15) is 12.1 Å². The van der Waals surface area contributed by atoms with Crippen LogP contribution in [0.15, 0.2) is 12.3 Å². The number of fused-ring (bicyclic) bond motifs is 1. The number of nitrogens with zero attached hydrogens (tertiary/aromatic N) is 1. The third-order valence-corrected chi connectivity index (χ3v) is 3.63. The Balaban J connectivity index is 1.84.